The van der Waals surface area contributed by atoms with E-state index in [1.165, 1.54) is 6.07 Å². The van der Waals surface area contributed by atoms with Gasteiger partial charge in [0.05, 0.1) is 5.56 Å². The van der Waals surface area contributed by atoms with Crippen molar-refractivity contribution in [3.05, 3.63) is 29.3 Å². The van der Waals surface area contributed by atoms with Crippen molar-refractivity contribution < 1.29 is 18.3 Å². The van der Waals surface area contributed by atoms with E-state index in [0.717, 1.165) is 57.6 Å². The topological polar surface area (TPSA) is 35.5 Å². The molecule has 2 N–H and O–H groups in total. The number of halogens is 5. The average molecular weight is 387 g/mol. The van der Waals surface area contributed by atoms with Crippen molar-refractivity contribution >= 4 is 24.8 Å². The summed E-state index contributed by atoms with van der Waals surface area (Å²) in [5.41, 5.74) is -0.249. The van der Waals surface area contributed by atoms with Crippen LogP contribution in [0.3, 0.4) is 0 Å². The molecule has 0 radical (unpaired) electrons. The maximum absolute atomic E-state index is 13.0. The van der Waals surface area contributed by atoms with E-state index in [2.05, 4.69) is 10.2 Å². The molecule has 8 heteroatoms. The molecule has 1 aliphatic heterocycles. The Bertz CT molecular complexity index is 533. The zero-order valence-electron chi connectivity index (χ0n) is 13.2. The number of benzene rings is 1. The largest absolute Gasteiger partial charge is 0.508 e. The van der Waals surface area contributed by atoms with E-state index in [-0.39, 0.29) is 36.6 Å². The van der Waals surface area contributed by atoms with Gasteiger partial charge in [-0.05, 0) is 37.0 Å². The van der Waals surface area contributed by atoms with Gasteiger partial charge in [-0.3, -0.25) is 4.90 Å². The first-order chi connectivity index (χ1) is 10.5. The lowest BCUT2D eigenvalue weighted by Gasteiger charge is -2.43. The molecule has 3 nitrogen and oxygen atoms in total. The third kappa shape index (κ3) is 4.48. The number of phenolic OH excluding ortho intramolecular Hbond substituents is 1. The van der Waals surface area contributed by atoms with E-state index in [1.54, 1.807) is 0 Å². The molecule has 0 unspecified atom stereocenters. The van der Waals surface area contributed by atoms with E-state index in [9.17, 15) is 18.3 Å². The minimum Gasteiger partial charge on any atom is -0.508 e. The predicted octanol–water partition coefficient (Wildman–Crippen LogP) is 4.00. The van der Waals surface area contributed by atoms with Gasteiger partial charge in [0.15, 0.2) is 0 Å². The Balaban J connectivity index is 0.00000144. The maximum Gasteiger partial charge on any atom is 0.416 e. The summed E-state index contributed by atoms with van der Waals surface area (Å²) in [5, 5.41) is 13.4. The first-order valence-corrected chi connectivity index (χ1v) is 7.81. The van der Waals surface area contributed by atoms with Gasteiger partial charge in [0, 0.05) is 37.8 Å². The summed E-state index contributed by atoms with van der Waals surface area (Å²) in [5.74, 6) is 0.316. The van der Waals surface area contributed by atoms with Crippen LogP contribution in [0.4, 0.5) is 13.2 Å². The summed E-state index contributed by atoms with van der Waals surface area (Å²) in [4.78, 5) is 2.22. The van der Waals surface area contributed by atoms with E-state index < -0.39 is 11.7 Å². The summed E-state index contributed by atoms with van der Waals surface area (Å²) in [6, 6.07) is 3.17. The number of aromatic hydroxyl groups is 1. The molecule has 1 heterocycles. The number of rotatable bonds is 3. The average Bonchev–Trinajstić information content (AvgIpc) is 2.43. The molecule has 2 fully saturated rings. The van der Waals surface area contributed by atoms with E-state index in [0.29, 0.717) is 11.5 Å². The van der Waals surface area contributed by atoms with Crippen molar-refractivity contribution in [1.82, 2.24) is 10.2 Å². The molecular weight excluding hydrogens is 364 g/mol. The fourth-order valence-corrected chi connectivity index (χ4v) is 3.43. The Hall–Kier alpha value is -0.690. The van der Waals surface area contributed by atoms with Crippen LogP contribution in [-0.4, -0.2) is 36.2 Å². The molecular formula is C16H23Cl2F3N2O. The van der Waals surface area contributed by atoms with Gasteiger partial charge in [-0.25, -0.2) is 0 Å². The first-order valence-electron chi connectivity index (χ1n) is 7.81. The number of hydrogen-bond donors (Lipinski definition) is 2. The number of alkyl halides is 3. The molecule has 138 valence electrons. The van der Waals surface area contributed by atoms with Gasteiger partial charge in [0.25, 0.3) is 0 Å². The highest BCUT2D eigenvalue weighted by Crippen LogP contribution is 2.45. The molecule has 0 spiro atoms. The minimum absolute atomic E-state index is 0. The van der Waals surface area contributed by atoms with Crippen molar-refractivity contribution in [1.29, 1.82) is 0 Å². The van der Waals surface area contributed by atoms with Crippen molar-refractivity contribution in [2.75, 3.05) is 26.2 Å². The SMILES string of the molecule is Cl.Cl.Oc1ccc(C(F)(F)F)cc1[C@H](C1CCC1)N1CCNCC1. The highest BCUT2D eigenvalue weighted by atomic mass is 35.5. The fourth-order valence-electron chi connectivity index (χ4n) is 3.43. The Kier molecular flexibility index (Phi) is 7.66. The van der Waals surface area contributed by atoms with Crippen LogP contribution < -0.4 is 5.32 Å². The zero-order valence-corrected chi connectivity index (χ0v) is 14.8. The van der Waals surface area contributed by atoms with Gasteiger partial charge in [-0.2, -0.15) is 13.2 Å². The summed E-state index contributed by atoms with van der Waals surface area (Å²) in [7, 11) is 0. The van der Waals surface area contributed by atoms with Crippen molar-refractivity contribution in [2.24, 2.45) is 5.92 Å². The minimum atomic E-state index is -4.38. The van der Waals surface area contributed by atoms with Crippen LogP contribution in [0.5, 0.6) is 5.75 Å². The van der Waals surface area contributed by atoms with Crippen LogP contribution in [0.15, 0.2) is 18.2 Å². The first kappa shape index (κ1) is 21.4. The molecule has 3 rings (SSSR count). The summed E-state index contributed by atoms with van der Waals surface area (Å²) in [6.45, 7) is 3.28. The van der Waals surface area contributed by atoms with Gasteiger partial charge in [0.2, 0.25) is 0 Å². The van der Waals surface area contributed by atoms with Crippen LogP contribution in [0.1, 0.15) is 36.4 Å². The third-order valence-electron chi connectivity index (χ3n) is 4.81. The second kappa shape index (κ2) is 8.61. The standard InChI is InChI=1S/C16H21F3N2O.2ClH/c17-16(18,19)12-4-5-14(22)13(10-12)15(11-2-1-3-11)21-8-6-20-7-9-21;;/h4-5,10-11,15,20,22H,1-3,6-9H2;2*1H/t15-;;/m0../s1. The Morgan fingerprint density at radius 1 is 1.12 bits per heavy atom. The molecule has 2 aliphatic rings. The summed E-state index contributed by atoms with van der Waals surface area (Å²) < 4.78 is 39.0. The molecule has 1 saturated carbocycles. The molecule has 0 bridgehead atoms. The van der Waals surface area contributed by atoms with Crippen molar-refractivity contribution in [3.8, 4) is 5.75 Å². The lowest BCUT2D eigenvalue weighted by atomic mass is 9.76. The molecule has 0 amide bonds. The number of nitrogens with one attached hydrogen (secondary N) is 1. The lowest BCUT2D eigenvalue weighted by molar-refractivity contribution is -0.137. The molecule has 1 aromatic rings. The zero-order chi connectivity index (χ0) is 15.7. The number of hydrogen-bond acceptors (Lipinski definition) is 3. The molecule has 1 aliphatic carbocycles. The van der Waals surface area contributed by atoms with Crippen LogP contribution in [0.2, 0.25) is 0 Å². The van der Waals surface area contributed by atoms with Crippen LogP contribution >= 0.6 is 24.8 Å². The number of phenols is 1. The van der Waals surface area contributed by atoms with E-state index in [4.69, 9.17) is 0 Å². The normalized spacial score (nSPS) is 20.5. The van der Waals surface area contributed by atoms with Gasteiger partial charge < -0.3 is 10.4 Å². The lowest BCUT2D eigenvalue weighted by Crippen LogP contribution is -2.47. The van der Waals surface area contributed by atoms with E-state index in [1.807, 2.05) is 0 Å². The molecule has 1 aromatic carbocycles. The fraction of sp³-hybridized carbons (Fsp3) is 0.625. The van der Waals surface area contributed by atoms with Crippen LogP contribution in [0, 0.1) is 5.92 Å². The third-order valence-corrected chi connectivity index (χ3v) is 4.81. The highest BCUT2D eigenvalue weighted by molar-refractivity contribution is 5.85. The van der Waals surface area contributed by atoms with Crippen LogP contribution in [-0.2, 0) is 6.18 Å². The maximum atomic E-state index is 13.0. The van der Waals surface area contributed by atoms with Gasteiger partial charge >= 0.3 is 6.18 Å². The Morgan fingerprint density at radius 3 is 2.25 bits per heavy atom. The smallest absolute Gasteiger partial charge is 0.416 e. The number of nitrogens with zero attached hydrogens (tertiary/aromatic N) is 1. The van der Waals surface area contributed by atoms with Gasteiger partial charge in [-0.15, -0.1) is 24.8 Å². The van der Waals surface area contributed by atoms with E-state index >= 15 is 0 Å². The molecule has 24 heavy (non-hydrogen) atoms. The quantitative estimate of drug-likeness (QED) is 0.823. The molecule has 1 saturated heterocycles. The predicted molar refractivity (Wildman–Crippen MR) is 92.1 cm³/mol. The summed E-state index contributed by atoms with van der Waals surface area (Å²) in [6.07, 6.45) is -1.22. The van der Waals surface area contributed by atoms with Gasteiger partial charge in [-0.1, -0.05) is 6.42 Å². The molecule has 0 aromatic heterocycles. The Labute approximate surface area is 152 Å². The van der Waals surface area contributed by atoms with Crippen molar-refractivity contribution in [2.45, 2.75) is 31.5 Å². The molecule has 1 atom stereocenters. The number of piperazine rings is 1. The monoisotopic (exact) mass is 386 g/mol. The summed E-state index contributed by atoms with van der Waals surface area (Å²) >= 11 is 0. The Morgan fingerprint density at radius 2 is 1.75 bits per heavy atom. The second-order valence-electron chi connectivity index (χ2n) is 6.19. The second-order valence-corrected chi connectivity index (χ2v) is 6.19. The van der Waals surface area contributed by atoms with Crippen LogP contribution in [0.25, 0.3) is 0 Å². The van der Waals surface area contributed by atoms with Gasteiger partial charge in [0.1, 0.15) is 5.75 Å². The van der Waals surface area contributed by atoms with Crippen molar-refractivity contribution in [3.63, 3.8) is 0 Å². The highest BCUT2D eigenvalue weighted by Gasteiger charge is 2.37.